The summed E-state index contributed by atoms with van der Waals surface area (Å²) in [4.78, 5) is 14.9. The van der Waals surface area contributed by atoms with E-state index in [1.54, 1.807) is 11.3 Å². The van der Waals surface area contributed by atoms with Gasteiger partial charge in [-0.1, -0.05) is 13.8 Å². The van der Waals surface area contributed by atoms with Gasteiger partial charge in [0, 0.05) is 30.1 Å². The van der Waals surface area contributed by atoms with Crippen molar-refractivity contribution in [3.8, 4) is 0 Å². The number of anilines is 2. The first-order chi connectivity index (χ1) is 10.2. The molecule has 21 heavy (non-hydrogen) atoms. The lowest BCUT2D eigenvalue weighted by atomic mass is 10.2. The molecule has 0 saturated heterocycles. The van der Waals surface area contributed by atoms with Gasteiger partial charge in [0.25, 0.3) is 0 Å². The van der Waals surface area contributed by atoms with Gasteiger partial charge in [-0.25, -0.2) is 15.0 Å². The predicted octanol–water partition coefficient (Wildman–Crippen LogP) is 3.41. The molecule has 0 radical (unpaired) electrons. The zero-order chi connectivity index (χ0) is 15.2. The van der Waals surface area contributed by atoms with Crippen LogP contribution in [0.2, 0.25) is 0 Å². The molecule has 2 aromatic rings. The van der Waals surface area contributed by atoms with Crippen LogP contribution in [0, 0.1) is 6.92 Å². The Labute approximate surface area is 130 Å². The Bertz CT molecular complexity index is 594. The number of nitrogens with zero attached hydrogens (tertiary/aromatic N) is 3. The van der Waals surface area contributed by atoms with Crippen LogP contribution < -0.4 is 10.6 Å². The van der Waals surface area contributed by atoms with Crippen molar-refractivity contribution in [3.05, 3.63) is 27.5 Å². The van der Waals surface area contributed by atoms with Gasteiger partial charge in [-0.05, 0) is 19.8 Å². The van der Waals surface area contributed by atoms with E-state index in [0.717, 1.165) is 47.3 Å². The quantitative estimate of drug-likeness (QED) is 0.821. The zero-order valence-electron chi connectivity index (χ0n) is 13.2. The molecule has 0 amide bonds. The minimum absolute atomic E-state index is 0.706. The van der Waals surface area contributed by atoms with Gasteiger partial charge < -0.3 is 10.6 Å². The normalized spacial score (nSPS) is 10.7. The fourth-order valence-corrected chi connectivity index (χ4v) is 2.87. The molecule has 0 saturated carbocycles. The maximum Gasteiger partial charge on any atom is 0.135 e. The first kappa shape index (κ1) is 15.7. The second-order valence-electron chi connectivity index (χ2n) is 4.89. The fraction of sp³-hybridized carbons (Fsp3) is 0.533. The maximum atomic E-state index is 4.63. The summed E-state index contributed by atoms with van der Waals surface area (Å²) < 4.78 is 0. The lowest BCUT2D eigenvalue weighted by Crippen LogP contribution is -2.09. The number of aryl methyl sites for hydroxylation is 2. The van der Waals surface area contributed by atoms with Crippen molar-refractivity contribution in [1.82, 2.24) is 15.0 Å². The van der Waals surface area contributed by atoms with Crippen molar-refractivity contribution in [1.29, 1.82) is 0 Å². The molecule has 2 heterocycles. The Balaban J connectivity index is 2.15. The SMILES string of the molecule is CCCc1nc(NC)c(C)c(NCc2ncc(CC)s2)n1. The summed E-state index contributed by atoms with van der Waals surface area (Å²) in [6.07, 6.45) is 4.92. The molecule has 2 aromatic heterocycles. The zero-order valence-corrected chi connectivity index (χ0v) is 14.0. The lowest BCUT2D eigenvalue weighted by molar-refractivity contribution is 0.831. The van der Waals surface area contributed by atoms with E-state index in [1.807, 2.05) is 20.2 Å². The van der Waals surface area contributed by atoms with Crippen LogP contribution >= 0.6 is 11.3 Å². The molecule has 0 unspecified atom stereocenters. The highest BCUT2D eigenvalue weighted by atomic mass is 32.1. The van der Waals surface area contributed by atoms with Crippen LogP contribution in [-0.2, 0) is 19.4 Å². The van der Waals surface area contributed by atoms with Crippen molar-refractivity contribution < 1.29 is 0 Å². The van der Waals surface area contributed by atoms with Crippen LogP contribution in [-0.4, -0.2) is 22.0 Å². The molecule has 2 N–H and O–H groups in total. The van der Waals surface area contributed by atoms with Crippen molar-refractivity contribution in [2.75, 3.05) is 17.7 Å². The van der Waals surface area contributed by atoms with Gasteiger partial charge in [0.05, 0.1) is 6.54 Å². The summed E-state index contributed by atoms with van der Waals surface area (Å²) in [6.45, 7) is 7.02. The Morgan fingerprint density at radius 1 is 1.19 bits per heavy atom. The Hall–Kier alpha value is -1.69. The van der Waals surface area contributed by atoms with Crippen molar-refractivity contribution in [3.63, 3.8) is 0 Å². The molecule has 0 atom stereocenters. The van der Waals surface area contributed by atoms with Gasteiger partial charge in [0.15, 0.2) is 0 Å². The van der Waals surface area contributed by atoms with Crippen LogP contribution in [0.1, 0.15) is 41.5 Å². The highest BCUT2D eigenvalue weighted by molar-refractivity contribution is 7.11. The molecule has 114 valence electrons. The number of thiazole rings is 1. The van der Waals surface area contributed by atoms with Crippen molar-refractivity contribution in [2.45, 2.75) is 46.6 Å². The van der Waals surface area contributed by atoms with E-state index in [0.29, 0.717) is 6.54 Å². The predicted molar refractivity (Wildman–Crippen MR) is 89.1 cm³/mol. The van der Waals surface area contributed by atoms with E-state index < -0.39 is 0 Å². The van der Waals surface area contributed by atoms with Crippen molar-refractivity contribution >= 4 is 23.0 Å². The number of hydrogen-bond donors (Lipinski definition) is 2. The Morgan fingerprint density at radius 2 is 1.95 bits per heavy atom. The number of nitrogens with one attached hydrogen (secondary N) is 2. The smallest absolute Gasteiger partial charge is 0.135 e. The minimum Gasteiger partial charge on any atom is -0.373 e. The molecule has 0 aromatic carbocycles. The van der Waals surface area contributed by atoms with E-state index in [1.165, 1.54) is 4.88 Å². The van der Waals surface area contributed by atoms with E-state index in [-0.39, 0.29) is 0 Å². The highest BCUT2D eigenvalue weighted by Crippen LogP contribution is 2.21. The third kappa shape index (κ3) is 3.91. The molecular weight excluding hydrogens is 282 g/mol. The molecule has 0 aliphatic carbocycles. The van der Waals surface area contributed by atoms with Crippen molar-refractivity contribution in [2.24, 2.45) is 0 Å². The molecular formula is C15H23N5S. The molecule has 0 aliphatic rings. The van der Waals surface area contributed by atoms with Gasteiger partial charge in [-0.3, -0.25) is 0 Å². The van der Waals surface area contributed by atoms with Gasteiger partial charge in [-0.15, -0.1) is 11.3 Å². The molecule has 0 aliphatic heterocycles. The Kier molecular flexibility index (Phi) is 5.50. The topological polar surface area (TPSA) is 62.7 Å². The maximum absolute atomic E-state index is 4.63. The number of hydrogen-bond acceptors (Lipinski definition) is 6. The number of aromatic nitrogens is 3. The molecule has 0 bridgehead atoms. The monoisotopic (exact) mass is 305 g/mol. The van der Waals surface area contributed by atoms with E-state index >= 15 is 0 Å². The molecule has 2 rings (SSSR count). The van der Waals surface area contributed by atoms with E-state index in [4.69, 9.17) is 0 Å². The van der Waals surface area contributed by atoms with Gasteiger partial charge in [-0.2, -0.15) is 0 Å². The van der Waals surface area contributed by atoms with Crippen LogP contribution in [0.3, 0.4) is 0 Å². The van der Waals surface area contributed by atoms with Crippen LogP contribution in [0.4, 0.5) is 11.6 Å². The van der Waals surface area contributed by atoms with Gasteiger partial charge in [0.2, 0.25) is 0 Å². The van der Waals surface area contributed by atoms with Crippen LogP contribution in [0.25, 0.3) is 0 Å². The summed E-state index contributed by atoms with van der Waals surface area (Å²) in [7, 11) is 1.89. The summed E-state index contributed by atoms with van der Waals surface area (Å²) in [5.41, 5.74) is 1.05. The second-order valence-corrected chi connectivity index (χ2v) is 6.09. The summed E-state index contributed by atoms with van der Waals surface area (Å²) in [5, 5.41) is 7.63. The molecule has 5 nitrogen and oxygen atoms in total. The van der Waals surface area contributed by atoms with E-state index in [9.17, 15) is 0 Å². The van der Waals surface area contributed by atoms with E-state index in [2.05, 4.69) is 39.4 Å². The van der Waals surface area contributed by atoms with Crippen LogP contribution in [0.5, 0.6) is 0 Å². The third-order valence-electron chi connectivity index (χ3n) is 3.26. The average molecular weight is 305 g/mol. The number of rotatable bonds is 7. The lowest BCUT2D eigenvalue weighted by Gasteiger charge is -2.13. The molecule has 6 heteroatoms. The van der Waals surface area contributed by atoms with Gasteiger partial charge >= 0.3 is 0 Å². The first-order valence-corrected chi connectivity index (χ1v) is 8.22. The Morgan fingerprint density at radius 3 is 2.57 bits per heavy atom. The second kappa shape index (κ2) is 7.36. The summed E-state index contributed by atoms with van der Waals surface area (Å²) in [5.74, 6) is 2.67. The highest BCUT2D eigenvalue weighted by Gasteiger charge is 2.10. The summed E-state index contributed by atoms with van der Waals surface area (Å²) in [6, 6.07) is 0. The standard InChI is InChI=1S/C15H23N5S/c1-5-7-12-19-14(16-4)10(3)15(20-12)18-9-13-17-8-11(6-2)21-13/h8H,5-7,9H2,1-4H3,(H2,16,18,19,20). The fourth-order valence-electron chi connectivity index (χ4n) is 2.07. The molecule has 0 spiro atoms. The van der Waals surface area contributed by atoms with Crippen LogP contribution in [0.15, 0.2) is 6.20 Å². The minimum atomic E-state index is 0.706. The first-order valence-electron chi connectivity index (χ1n) is 7.40. The average Bonchev–Trinajstić information content (AvgIpc) is 2.95. The third-order valence-corrected chi connectivity index (χ3v) is 4.40. The largest absolute Gasteiger partial charge is 0.373 e. The summed E-state index contributed by atoms with van der Waals surface area (Å²) >= 11 is 1.75. The van der Waals surface area contributed by atoms with Gasteiger partial charge in [0.1, 0.15) is 22.5 Å². The molecule has 0 fully saturated rings.